The minimum atomic E-state index is -0.998. The molecule has 1 aromatic heterocycles. The van der Waals surface area contributed by atoms with Gasteiger partial charge in [-0.3, -0.25) is 0 Å². The van der Waals surface area contributed by atoms with Gasteiger partial charge in [-0.2, -0.15) is 0 Å². The molecule has 0 aliphatic heterocycles. The fourth-order valence-electron chi connectivity index (χ4n) is 1.09. The van der Waals surface area contributed by atoms with E-state index >= 15 is 0 Å². The number of rotatable bonds is 5. The fourth-order valence-corrected chi connectivity index (χ4v) is 1.09. The van der Waals surface area contributed by atoms with Crippen LogP contribution in [-0.4, -0.2) is 22.6 Å². The van der Waals surface area contributed by atoms with Crippen LogP contribution >= 0.6 is 0 Å². The van der Waals surface area contributed by atoms with Crippen molar-refractivity contribution in [3.63, 3.8) is 0 Å². The molecule has 15 heavy (non-hydrogen) atoms. The highest BCUT2D eigenvalue weighted by atomic mass is 16.4. The summed E-state index contributed by atoms with van der Waals surface area (Å²) in [5, 5.41) is 11.9. The summed E-state index contributed by atoms with van der Waals surface area (Å²) in [5.74, 6) is -0.423. The van der Waals surface area contributed by atoms with Crippen LogP contribution in [0.1, 0.15) is 30.8 Å². The zero-order valence-electron chi connectivity index (χ0n) is 9.03. The standard InChI is InChI=1S/C11H16N2O2/c1-3-8(2)7-13-9-4-5-12-10(6-9)11(14)15/h4-6,8H,3,7H2,1-2H3,(H,12,13)(H,14,15). The first-order valence-electron chi connectivity index (χ1n) is 5.06. The summed E-state index contributed by atoms with van der Waals surface area (Å²) in [6.07, 6.45) is 2.60. The number of anilines is 1. The van der Waals surface area contributed by atoms with Gasteiger partial charge in [0, 0.05) is 18.4 Å². The lowest BCUT2D eigenvalue weighted by Gasteiger charge is -2.11. The molecule has 0 saturated carbocycles. The lowest BCUT2D eigenvalue weighted by molar-refractivity contribution is 0.0690. The molecule has 1 rings (SSSR count). The van der Waals surface area contributed by atoms with E-state index in [1.165, 1.54) is 6.20 Å². The van der Waals surface area contributed by atoms with Gasteiger partial charge in [0.2, 0.25) is 0 Å². The minimum Gasteiger partial charge on any atom is -0.477 e. The number of nitrogens with one attached hydrogen (secondary N) is 1. The Morgan fingerprint density at radius 2 is 2.40 bits per heavy atom. The maximum atomic E-state index is 10.7. The van der Waals surface area contributed by atoms with Gasteiger partial charge in [0.1, 0.15) is 5.69 Å². The van der Waals surface area contributed by atoms with E-state index in [0.717, 1.165) is 18.7 Å². The molecule has 4 heteroatoms. The van der Waals surface area contributed by atoms with Gasteiger partial charge in [-0.15, -0.1) is 0 Å². The summed E-state index contributed by atoms with van der Waals surface area (Å²) in [6.45, 7) is 5.12. The van der Waals surface area contributed by atoms with Crippen molar-refractivity contribution in [1.29, 1.82) is 0 Å². The van der Waals surface area contributed by atoms with E-state index in [1.54, 1.807) is 12.1 Å². The molecule has 0 spiro atoms. The highest BCUT2D eigenvalue weighted by Crippen LogP contribution is 2.09. The Morgan fingerprint density at radius 3 is 3.00 bits per heavy atom. The zero-order valence-corrected chi connectivity index (χ0v) is 9.03. The van der Waals surface area contributed by atoms with E-state index < -0.39 is 5.97 Å². The van der Waals surface area contributed by atoms with Crippen LogP contribution in [0.15, 0.2) is 18.3 Å². The van der Waals surface area contributed by atoms with Crippen LogP contribution in [0, 0.1) is 5.92 Å². The molecule has 0 radical (unpaired) electrons. The number of carboxylic acids is 1. The van der Waals surface area contributed by atoms with Crippen LogP contribution in [0.4, 0.5) is 5.69 Å². The molecular formula is C11H16N2O2. The van der Waals surface area contributed by atoms with E-state index in [0.29, 0.717) is 5.92 Å². The second-order valence-electron chi connectivity index (χ2n) is 3.63. The molecule has 0 bridgehead atoms. The number of nitrogens with zero attached hydrogens (tertiary/aromatic N) is 1. The largest absolute Gasteiger partial charge is 0.477 e. The van der Waals surface area contributed by atoms with Gasteiger partial charge in [-0.1, -0.05) is 20.3 Å². The molecule has 1 aromatic rings. The molecule has 0 aliphatic rings. The average molecular weight is 208 g/mol. The number of aromatic nitrogens is 1. The van der Waals surface area contributed by atoms with Gasteiger partial charge in [0.15, 0.2) is 0 Å². The Morgan fingerprint density at radius 1 is 1.67 bits per heavy atom. The zero-order chi connectivity index (χ0) is 11.3. The number of pyridine rings is 1. The van der Waals surface area contributed by atoms with Crippen LogP contribution < -0.4 is 5.32 Å². The lowest BCUT2D eigenvalue weighted by atomic mass is 10.1. The van der Waals surface area contributed by atoms with Crippen molar-refractivity contribution in [1.82, 2.24) is 4.98 Å². The second-order valence-corrected chi connectivity index (χ2v) is 3.63. The maximum Gasteiger partial charge on any atom is 0.354 e. The van der Waals surface area contributed by atoms with Crippen molar-refractivity contribution in [3.05, 3.63) is 24.0 Å². The molecule has 0 aliphatic carbocycles. The molecule has 0 fully saturated rings. The predicted octanol–water partition coefficient (Wildman–Crippen LogP) is 2.24. The molecule has 0 amide bonds. The molecule has 0 saturated heterocycles. The van der Waals surface area contributed by atoms with Crippen molar-refractivity contribution >= 4 is 11.7 Å². The first-order valence-corrected chi connectivity index (χ1v) is 5.06. The third-order valence-corrected chi connectivity index (χ3v) is 2.33. The molecule has 1 heterocycles. The van der Waals surface area contributed by atoms with Crippen LogP contribution in [0.3, 0.4) is 0 Å². The number of carbonyl (C=O) groups is 1. The van der Waals surface area contributed by atoms with E-state index in [-0.39, 0.29) is 5.69 Å². The van der Waals surface area contributed by atoms with Crippen molar-refractivity contribution in [3.8, 4) is 0 Å². The molecule has 1 atom stereocenters. The van der Waals surface area contributed by atoms with Crippen molar-refractivity contribution in [2.75, 3.05) is 11.9 Å². The van der Waals surface area contributed by atoms with Crippen LogP contribution in [0.25, 0.3) is 0 Å². The summed E-state index contributed by atoms with van der Waals surface area (Å²) in [4.78, 5) is 14.4. The SMILES string of the molecule is CCC(C)CNc1ccnc(C(=O)O)c1. The monoisotopic (exact) mass is 208 g/mol. The maximum absolute atomic E-state index is 10.7. The second kappa shape index (κ2) is 5.34. The quantitative estimate of drug-likeness (QED) is 0.779. The molecule has 4 nitrogen and oxygen atoms in total. The van der Waals surface area contributed by atoms with Crippen LogP contribution in [0.5, 0.6) is 0 Å². The van der Waals surface area contributed by atoms with Gasteiger partial charge >= 0.3 is 5.97 Å². The van der Waals surface area contributed by atoms with Crippen molar-refractivity contribution in [2.24, 2.45) is 5.92 Å². The van der Waals surface area contributed by atoms with Crippen LogP contribution in [-0.2, 0) is 0 Å². The number of hydrogen-bond donors (Lipinski definition) is 2. The number of carboxylic acid groups (broad SMARTS) is 1. The topological polar surface area (TPSA) is 62.2 Å². The highest BCUT2D eigenvalue weighted by molar-refractivity contribution is 5.86. The molecule has 1 unspecified atom stereocenters. The molecule has 0 aromatic carbocycles. The molecular weight excluding hydrogens is 192 g/mol. The van der Waals surface area contributed by atoms with E-state index in [2.05, 4.69) is 24.1 Å². The molecule has 2 N–H and O–H groups in total. The van der Waals surface area contributed by atoms with Gasteiger partial charge in [0.05, 0.1) is 0 Å². The van der Waals surface area contributed by atoms with E-state index in [9.17, 15) is 4.79 Å². The molecule has 82 valence electrons. The van der Waals surface area contributed by atoms with E-state index in [4.69, 9.17) is 5.11 Å². The number of hydrogen-bond acceptors (Lipinski definition) is 3. The van der Waals surface area contributed by atoms with Crippen molar-refractivity contribution < 1.29 is 9.90 Å². The smallest absolute Gasteiger partial charge is 0.354 e. The van der Waals surface area contributed by atoms with E-state index in [1.807, 2.05) is 0 Å². The van der Waals surface area contributed by atoms with Gasteiger partial charge < -0.3 is 10.4 Å². The third-order valence-electron chi connectivity index (χ3n) is 2.33. The van der Waals surface area contributed by atoms with Crippen molar-refractivity contribution in [2.45, 2.75) is 20.3 Å². The van der Waals surface area contributed by atoms with Gasteiger partial charge in [0.25, 0.3) is 0 Å². The first-order chi connectivity index (χ1) is 7.13. The Kier molecular flexibility index (Phi) is 4.09. The third kappa shape index (κ3) is 3.58. The highest BCUT2D eigenvalue weighted by Gasteiger charge is 2.05. The summed E-state index contributed by atoms with van der Waals surface area (Å²) in [5.41, 5.74) is 0.881. The number of aromatic carboxylic acids is 1. The van der Waals surface area contributed by atoms with Gasteiger partial charge in [-0.25, -0.2) is 9.78 Å². The first kappa shape index (κ1) is 11.5. The Balaban J connectivity index is 2.62. The van der Waals surface area contributed by atoms with Gasteiger partial charge in [-0.05, 0) is 18.1 Å². The Labute approximate surface area is 89.3 Å². The predicted molar refractivity (Wildman–Crippen MR) is 59.1 cm³/mol. The Bertz CT molecular complexity index is 339. The normalized spacial score (nSPS) is 12.1. The summed E-state index contributed by atoms with van der Waals surface area (Å²) < 4.78 is 0. The summed E-state index contributed by atoms with van der Waals surface area (Å²) in [6, 6.07) is 3.32. The minimum absolute atomic E-state index is 0.0733. The average Bonchev–Trinajstić information content (AvgIpc) is 2.26. The summed E-state index contributed by atoms with van der Waals surface area (Å²) in [7, 11) is 0. The Hall–Kier alpha value is -1.58. The summed E-state index contributed by atoms with van der Waals surface area (Å²) >= 11 is 0. The fraction of sp³-hybridized carbons (Fsp3) is 0.455. The van der Waals surface area contributed by atoms with Crippen LogP contribution in [0.2, 0.25) is 0 Å². The lowest BCUT2D eigenvalue weighted by Crippen LogP contribution is -2.11.